The number of nitrogens with one attached hydrogen (secondary N) is 1. The Morgan fingerprint density at radius 2 is 1.96 bits per heavy atom. The molecule has 0 bridgehead atoms. The summed E-state index contributed by atoms with van der Waals surface area (Å²) < 4.78 is 5.87. The molecule has 0 aromatic heterocycles. The van der Waals surface area contributed by atoms with Gasteiger partial charge in [-0.15, -0.1) is 0 Å². The highest BCUT2D eigenvalue weighted by atomic mass is 16.5. The number of fused-ring (bicyclic) bond motifs is 1. The highest BCUT2D eigenvalue weighted by Crippen LogP contribution is 2.40. The number of ether oxygens (including phenoxy) is 1. The molecular formula is C20H20N4O4. The van der Waals surface area contributed by atoms with Crippen LogP contribution in [0, 0.1) is 0 Å². The van der Waals surface area contributed by atoms with Gasteiger partial charge >= 0.3 is 0 Å². The molecule has 28 heavy (non-hydrogen) atoms. The Labute approximate surface area is 161 Å². The fraction of sp³-hybridized carbons (Fsp3) is 0.300. The summed E-state index contributed by atoms with van der Waals surface area (Å²) >= 11 is 0. The van der Waals surface area contributed by atoms with E-state index in [1.165, 1.54) is 19.1 Å². The Morgan fingerprint density at radius 3 is 2.64 bits per heavy atom. The van der Waals surface area contributed by atoms with Gasteiger partial charge in [0, 0.05) is 21.6 Å². The van der Waals surface area contributed by atoms with E-state index in [1.54, 1.807) is 44.2 Å². The van der Waals surface area contributed by atoms with E-state index in [4.69, 9.17) is 10.3 Å². The molecule has 3 rings (SSSR count). The predicted molar refractivity (Wildman–Crippen MR) is 103 cm³/mol. The smallest absolute Gasteiger partial charge is 0.252 e. The number of ketones is 1. The van der Waals surface area contributed by atoms with Gasteiger partial charge in [-0.1, -0.05) is 23.3 Å². The van der Waals surface area contributed by atoms with Crippen LogP contribution in [0.4, 0.5) is 5.69 Å². The lowest BCUT2D eigenvalue weighted by Gasteiger charge is -2.42. The number of nitrogens with zero attached hydrogens (tertiary/aromatic N) is 3. The lowest BCUT2D eigenvalue weighted by molar-refractivity contribution is -0.0627. The van der Waals surface area contributed by atoms with Crippen LogP contribution in [0.25, 0.3) is 10.4 Å². The van der Waals surface area contributed by atoms with Crippen LogP contribution in [0.15, 0.2) is 47.6 Å². The zero-order valence-corrected chi connectivity index (χ0v) is 15.7. The van der Waals surface area contributed by atoms with Crippen molar-refractivity contribution in [2.24, 2.45) is 5.11 Å². The molecule has 0 spiro atoms. The molecule has 2 aromatic carbocycles. The Balaban J connectivity index is 2.03. The third-order valence-electron chi connectivity index (χ3n) is 4.74. The number of aliphatic hydroxyl groups excluding tert-OH is 1. The largest absolute Gasteiger partial charge is 0.485 e. The summed E-state index contributed by atoms with van der Waals surface area (Å²) in [7, 11) is 0. The van der Waals surface area contributed by atoms with E-state index >= 15 is 0 Å². The number of amides is 1. The van der Waals surface area contributed by atoms with Crippen molar-refractivity contribution in [1.82, 2.24) is 5.32 Å². The second kappa shape index (κ2) is 7.34. The van der Waals surface area contributed by atoms with Crippen LogP contribution in [-0.2, 0) is 0 Å². The molecule has 0 saturated carbocycles. The number of hydrogen-bond acceptors (Lipinski definition) is 5. The molecule has 0 radical (unpaired) electrons. The molecule has 0 unspecified atom stereocenters. The summed E-state index contributed by atoms with van der Waals surface area (Å²) in [5.41, 5.74) is 9.06. The third kappa shape index (κ3) is 3.55. The van der Waals surface area contributed by atoms with Gasteiger partial charge < -0.3 is 15.2 Å². The molecule has 0 saturated heterocycles. The fourth-order valence-corrected chi connectivity index (χ4v) is 3.20. The first-order valence-corrected chi connectivity index (χ1v) is 8.71. The van der Waals surface area contributed by atoms with Crippen molar-refractivity contribution < 1.29 is 19.4 Å². The molecule has 2 atom stereocenters. The van der Waals surface area contributed by atoms with Gasteiger partial charge in [-0.3, -0.25) is 9.59 Å². The van der Waals surface area contributed by atoms with E-state index in [-0.39, 0.29) is 17.0 Å². The van der Waals surface area contributed by atoms with Gasteiger partial charge in [-0.25, -0.2) is 0 Å². The zero-order valence-electron chi connectivity index (χ0n) is 15.7. The predicted octanol–water partition coefficient (Wildman–Crippen LogP) is 3.83. The van der Waals surface area contributed by atoms with Gasteiger partial charge in [0.15, 0.2) is 5.78 Å². The van der Waals surface area contributed by atoms with Gasteiger partial charge in [-0.2, -0.15) is 0 Å². The molecule has 2 aromatic rings. The lowest BCUT2D eigenvalue weighted by Crippen LogP contribution is -2.53. The standard InChI is InChI=1S/C20H20N4O4/c1-11(25)12-8-9-16-14(10-12)17(18(26)20(2,3)28-16)22-19(27)13-6-4-5-7-15(13)23-24-21/h4-10,17-18,26H,1-3H3,(H,22,27)/t17-,18+/m1/s1. The van der Waals surface area contributed by atoms with Gasteiger partial charge in [0.25, 0.3) is 5.91 Å². The maximum absolute atomic E-state index is 12.9. The molecule has 2 N–H and O–H groups in total. The minimum Gasteiger partial charge on any atom is -0.485 e. The molecular weight excluding hydrogens is 360 g/mol. The molecule has 1 aliphatic heterocycles. The van der Waals surface area contributed by atoms with E-state index in [9.17, 15) is 14.7 Å². The average Bonchev–Trinajstić information content (AvgIpc) is 2.65. The summed E-state index contributed by atoms with van der Waals surface area (Å²) in [6.07, 6.45) is -1.07. The van der Waals surface area contributed by atoms with Crippen molar-refractivity contribution in [1.29, 1.82) is 0 Å². The van der Waals surface area contributed by atoms with Crippen LogP contribution < -0.4 is 10.1 Å². The average molecular weight is 380 g/mol. The summed E-state index contributed by atoms with van der Waals surface area (Å²) in [5, 5.41) is 17.2. The van der Waals surface area contributed by atoms with Crippen LogP contribution in [-0.4, -0.2) is 28.5 Å². The van der Waals surface area contributed by atoms with Crippen molar-refractivity contribution in [2.75, 3.05) is 0 Å². The molecule has 1 amide bonds. The molecule has 8 nitrogen and oxygen atoms in total. The number of hydrogen-bond donors (Lipinski definition) is 2. The number of rotatable bonds is 4. The quantitative estimate of drug-likeness (QED) is 0.362. The van der Waals surface area contributed by atoms with Crippen LogP contribution in [0.3, 0.4) is 0 Å². The van der Waals surface area contributed by atoms with Crippen molar-refractivity contribution in [3.63, 3.8) is 0 Å². The lowest BCUT2D eigenvalue weighted by atomic mass is 9.85. The van der Waals surface area contributed by atoms with Crippen molar-refractivity contribution in [2.45, 2.75) is 38.5 Å². The monoisotopic (exact) mass is 380 g/mol. The van der Waals surface area contributed by atoms with E-state index < -0.39 is 23.7 Å². The summed E-state index contributed by atoms with van der Waals surface area (Å²) in [6, 6.07) is 10.5. The number of carbonyl (C=O) groups is 2. The first-order chi connectivity index (χ1) is 13.2. The Kier molecular flexibility index (Phi) is 5.09. The second-order valence-corrected chi connectivity index (χ2v) is 7.12. The molecule has 8 heteroatoms. The van der Waals surface area contributed by atoms with E-state index in [2.05, 4.69) is 15.3 Å². The molecule has 144 valence electrons. The number of Topliss-reactive ketones (excluding diaryl/α,β-unsaturated/α-hetero) is 1. The topological polar surface area (TPSA) is 124 Å². The van der Waals surface area contributed by atoms with Crippen LogP contribution in [0.5, 0.6) is 5.75 Å². The number of benzene rings is 2. The SMILES string of the molecule is CC(=O)c1ccc2c(c1)[C@@H](NC(=O)c1ccccc1N=[N+]=[N-])[C@H](O)C(C)(C)O2. The molecule has 0 aliphatic carbocycles. The van der Waals surface area contributed by atoms with Crippen LogP contribution in [0.2, 0.25) is 0 Å². The maximum atomic E-state index is 12.9. The minimum absolute atomic E-state index is 0.138. The second-order valence-electron chi connectivity index (χ2n) is 7.12. The maximum Gasteiger partial charge on any atom is 0.252 e. The van der Waals surface area contributed by atoms with Crippen molar-refractivity contribution in [3.8, 4) is 5.75 Å². The summed E-state index contributed by atoms with van der Waals surface area (Å²) in [6.45, 7) is 4.87. The first-order valence-electron chi connectivity index (χ1n) is 8.71. The summed E-state index contributed by atoms with van der Waals surface area (Å²) in [4.78, 5) is 27.4. The van der Waals surface area contributed by atoms with Gasteiger partial charge in [0.1, 0.15) is 17.5 Å². The highest BCUT2D eigenvalue weighted by Gasteiger charge is 2.43. The Bertz CT molecular complexity index is 995. The minimum atomic E-state index is -1.07. The van der Waals surface area contributed by atoms with E-state index in [0.717, 1.165) is 0 Å². The van der Waals surface area contributed by atoms with E-state index in [0.29, 0.717) is 16.9 Å². The highest BCUT2D eigenvalue weighted by molar-refractivity contribution is 5.99. The van der Waals surface area contributed by atoms with Crippen LogP contribution >= 0.6 is 0 Å². The first kappa shape index (κ1) is 19.4. The molecule has 0 fully saturated rings. The Morgan fingerprint density at radius 1 is 1.25 bits per heavy atom. The van der Waals surface area contributed by atoms with Crippen molar-refractivity contribution in [3.05, 3.63) is 69.6 Å². The molecule has 1 aliphatic rings. The van der Waals surface area contributed by atoms with Gasteiger partial charge in [-0.05, 0) is 50.6 Å². The van der Waals surface area contributed by atoms with Crippen molar-refractivity contribution >= 4 is 17.4 Å². The normalized spacial score (nSPS) is 19.6. The zero-order chi connectivity index (χ0) is 20.5. The van der Waals surface area contributed by atoms with E-state index in [1.807, 2.05) is 0 Å². The number of aliphatic hydroxyl groups is 1. The van der Waals surface area contributed by atoms with Gasteiger partial charge in [0.05, 0.1) is 11.7 Å². The van der Waals surface area contributed by atoms with Gasteiger partial charge in [0.2, 0.25) is 0 Å². The fourth-order valence-electron chi connectivity index (χ4n) is 3.20. The van der Waals surface area contributed by atoms with Crippen LogP contribution in [0.1, 0.15) is 53.1 Å². The molecule has 1 heterocycles. The number of carbonyl (C=O) groups excluding carboxylic acids is 2. The summed E-state index contributed by atoms with van der Waals surface area (Å²) in [5.74, 6) is -0.168. The third-order valence-corrected chi connectivity index (χ3v) is 4.74. The number of azide groups is 1. The Hall–Kier alpha value is -3.35.